The summed E-state index contributed by atoms with van der Waals surface area (Å²) in [4.78, 5) is 114. The SMILES string of the molecule is CC[C@H](NC(=O)N[C@@H](CCCCNC(=O)c1ccc(C(=O)NCCN2CCNC(=O)c3ccc(n(O)c3=S)C(=O)NCCOCCNC(=O)c3ccc(c(=S)n3O)C(=O)NCC2)cc1)C(=O)O)C(=O)O. The molecular formula is C43H55N11O14S2. The zero-order chi connectivity index (χ0) is 51.3. The van der Waals surface area contributed by atoms with E-state index in [4.69, 9.17) is 34.3 Å². The molecule has 0 fully saturated rings. The van der Waals surface area contributed by atoms with Crippen LogP contribution in [0.15, 0.2) is 48.5 Å². The Hall–Kier alpha value is -7.49. The van der Waals surface area contributed by atoms with Gasteiger partial charge in [-0.25, -0.2) is 14.4 Å². The van der Waals surface area contributed by atoms with Crippen LogP contribution in [0.1, 0.15) is 95.0 Å². The lowest BCUT2D eigenvalue weighted by Gasteiger charge is -2.23. The zero-order valence-corrected chi connectivity index (χ0v) is 39.5. The molecule has 12 N–H and O–H groups in total. The Bertz CT molecular complexity index is 2440. The Morgan fingerprint density at radius 3 is 1.53 bits per heavy atom. The van der Waals surface area contributed by atoms with Crippen molar-refractivity contribution in [3.05, 3.63) is 91.5 Å². The molecule has 0 unspecified atom stereocenters. The maximum Gasteiger partial charge on any atom is 0.326 e. The van der Waals surface area contributed by atoms with E-state index in [1.807, 2.05) is 4.90 Å². The largest absolute Gasteiger partial charge is 0.480 e. The summed E-state index contributed by atoms with van der Waals surface area (Å²) in [6, 6.07) is 7.46. The molecule has 6 heterocycles. The fourth-order valence-electron chi connectivity index (χ4n) is 6.62. The molecule has 0 radical (unpaired) electrons. The first-order valence-corrected chi connectivity index (χ1v) is 22.8. The van der Waals surface area contributed by atoms with Crippen LogP contribution in [0, 0.1) is 9.28 Å². The van der Waals surface area contributed by atoms with Gasteiger partial charge in [0.15, 0.2) is 9.28 Å². The second-order valence-electron chi connectivity index (χ2n) is 15.4. The number of carboxylic acid groups (broad SMARTS) is 2. The molecule has 0 aliphatic carbocycles. The number of carboxylic acids is 2. The number of rotatable bonds is 15. The van der Waals surface area contributed by atoms with Gasteiger partial charge < -0.3 is 67.9 Å². The minimum Gasteiger partial charge on any atom is -0.480 e. The van der Waals surface area contributed by atoms with Crippen molar-refractivity contribution < 1.29 is 68.5 Å². The predicted octanol–water partition coefficient (Wildman–Crippen LogP) is 0.120. The molecule has 0 saturated carbocycles. The number of ether oxygens (including phenoxy) is 1. The molecule has 27 heteroatoms. The first kappa shape index (κ1) is 55.1. The molecule has 2 aromatic heterocycles. The van der Waals surface area contributed by atoms with E-state index in [1.54, 1.807) is 6.92 Å². The van der Waals surface area contributed by atoms with Crippen molar-refractivity contribution in [2.75, 3.05) is 72.1 Å². The Balaban J connectivity index is 1.34. The minimum atomic E-state index is -1.30. The van der Waals surface area contributed by atoms with E-state index in [1.165, 1.54) is 48.5 Å². The molecule has 25 nitrogen and oxygen atoms in total. The lowest BCUT2D eigenvalue weighted by molar-refractivity contribution is -0.139. The lowest BCUT2D eigenvalue weighted by atomic mass is 10.1. The van der Waals surface area contributed by atoms with Crippen LogP contribution < -0.4 is 42.5 Å². The Morgan fingerprint density at radius 1 is 0.629 bits per heavy atom. The van der Waals surface area contributed by atoms with Gasteiger partial charge in [0.2, 0.25) is 0 Å². The van der Waals surface area contributed by atoms with E-state index in [0.29, 0.717) is 22.3 Å². The maximum absolute atomic E-state index is 13.2. The third-order valence-electron chi connectivity index (χ3n) is 10.5. The first-order chi connectivity index (χ1) is 33.4. The van der Waals surface area contributed by atoms with E-state index in [9.17, 15) is 58.7 Å². The average molecular weight is 1010 g/mol. The van der Waals surface area contributed by atoms with Crippen molar-refractivity contribution in [1.82, 2.24) is 56.9 Å². The topological polar surface area (TPSA) is 353 Å². The van der Waals surface area contributed by atoms with Gasteiger partial charge in [0.25, 0.3) is 35.4 Å². The number of hydrogen-bond acceptors (Lipinski definition) is 15. The van der Waals surface area contributed by atoms with Gasteiger partial charge in [0.05, 0.1) is 24.3 Å². The van der Waals surface area contributed by atoms with Gasteiger partial charge in [0, 0.05) is 70.0 Å². The quantitative estimate of drug-likeness (QED) is 0.0546. The normalized spacial score (nSPS) is 15.3. The highest BCUT2D eigenvalue weighted by Gasteiger charge is 2.24. The van der Waals surface area contributed by atoms with Gasteiger partial charge >= 0.3 is 18.0 Å². The summed E-state index contributed by atoms with van der Waals surface area (Å²) in [5.74, 6) is -6.17. The number of aliphatic carboxylic acids is 2. The van der Waals surface area contributed by atoms with Crippen molar-refractivity contribution in [2.24, 2.45) is 0 Å². The molecule has 378 valence electrons. The van der Waals surface area contributed by atoms with Gasteiger partial charge in [-0.3, -0.25) is 33.7 Å². The molecule has 8 amide bonds. The molecule has 3 aromatic rings. The maximum atomic E-state index is 13.2. The number of unbranched alkanes of at least 4 members (excludes halogenated alkanes) is 1. The van der Waals surface area contributed by atoms with Gasteiger partial charge in [-0.05, 0) is 74.2 Å². The zero-order valence-electron chi connectivity index (χ0n) is 37.9. The van der Waals surface area contributed by atoms with Crippen molar-refractivity contribution in [1.29, 1.82) is 0 Å². The number of pyridine rings is 2. The third-order valence-corrected chi connectivity index (χ3v) is 11.3. The molecule has 70 heavy (non-hydrogen) atoms. The standard InChI is InChI=1S/C43H55N11O14S2/c1-2-29(41(61)62)50-43(65)51-30(42(63)64)5-3-4-14-44-33(55)25-6-8-26(9-7-25)34(56)45-15-20-52-21-16-46-35(57)27-10-12-31(53(66)39(27)69)37(59)48-18-23-68-24-19-49-38(60)32-13-11-28(40(70)54(32)67)36(58)47-17-22-52/h6-13,29-30,66-67H,2-5,14-24H2,1H3,(H,44,55)(H,45,56)(H,46,57)(H,47,58)(H,48,59)(H,49,60)(H,61,62)(H,63,64)(H2,50,51,65)/t29-,30-/m0/s1. The number of carbonyl (C=O) groups is 9. The molecular weight excluding hydrogens is 959 g/mol. The molecule has 2 atom stereocenters. The lowest BCUT2D eigenvalue weighted by Crippen LogP contribution is -2.50. The van der Waals surface area contributed by atoms with E-state index < -0.39 is 65.5 Å². The van der Waals surface area contributed by atoms with E-state index in [0.717, 1.165) is 0 Å². The molecule has 1 aromatic carbocycles. The first-order valence-electron chi connectivity index (χ1n) is 22.0. The van der Waals surface area contributed by atoms with Crippen LogP contribution in [-0.4, -0.2) is 173 Å². The van der Waals surface area contributed by atoms with Crippen molar-refractivity contribution in [3.8, 4) is 0 Å². The Labute approximate surface area is 410 Å². The van der Waals surface area contributed by atoms with Gasteiger partial charge in [-0.15, -0.1) is 0 Å². The minimum absolute atomic E-state index is 0.0200. The summed E-state index contributed by atoms with van der Waals surface area (Å²) in [7, 11) is 0. The summed E-state index contributed by atoms with van der Waals surface area (Å²) in [5.41, 5.74) is -0.174. The second kappa shape index (κ2) is 27.5. The van der Waals surface area contributed by atoms with Crippen molar-refractivity contribution in [2.45, 2.75) is 44.7 Å². The highest BCUT2D eigenvalue weighted by molar-refractivity contribution is 7.71. The van der Waals surface area contributed by atoms with Crippen LogP contribution in [0.2, 0.25) is 0 Å². The molecule has 0 spiro atoms. The fraction of sp³-hybridized carbons (Fsp3) is 0.419. The van der Waals surface area contributed by atoms with E-state index in [-0.39, 0.29) is 128 Å². The molecule has 4 aliphatic rings. The van der Waals surface area contributed by atoms with Crippen LogP contribution >= 0.6 is 24.4 Å². The third kappa shape index (κ3) is 16.3. The number of hydrogen-bond donors (Lipinski definition) is 12. The van der Waals surface area contributed by atoms with Crippen LogP contribution in [0.3, 0.4) is 0 Å². The number of nitrogens with one attached hydrogen (secondary N) is 8. The van der Waals surface area contributed by atoms with E-state index >= 15 is 0 Å². The number of urea groups is 1. The van der Waals surface area contributed by atoms with Gasteiger partial charge in [0.1, 0.15) is 23.5 Å². The summed E-state index contributed by atoms with van der Waals surface area (Å²) < 4.78 is 5.61. The Morgan fingerprint density at radius 2 is 1.07 bits per heavy atom. The van der Waals surface area contributed by atoms with Crippen molar-refractivity contribution in [3.63, 3.8) is 0 Å². The van der Waals surface area contributed by atoms with Crippen LogP contribution in [0.4, 0.5) is 4.79 Å². The van der Waals surface area contributed by atoms with Crippen LogP contribution in [0.5, 0.6) is 0 Å². The molecule has 7 rings (SSSR count). The van der Waals surface area contributed by atoms with Crippen LogP contribution in [0.25, 0.3) is 0 Å². The summed E-state index contributed by atoms with van der Waals surface area (Å²) in [5, 5.41) is 60.3. The number of amides is 8. The predicted molar refractivity (Wildman–Crippen MR) is 251 cm³/mol. The number of aromatic nitrogens is 2. The average Bonchev–Trinajstić information content (AvgIpc) is 3.33. The van der Waals surface area contributed by atoms with Crippen molar-refractivity contribution >= 4 is 77.8 Å². The van der Waals surface area contributed by atoms with Gasteiger partial charge in [-0.1, -0.05) is 31.4 Å². The summed E-state index contributed by atoms with van der Waals surface area (Å²) in [6.07, 6.45) is 0.793. The number of nitrogens with zero attached hydrogens (tertiary/aromatic N) is 3. The van der Waals surface area contributed by atoms with Crippen LogP contribution in [-0.2, 0) is 14.3 Å². The molecule has 0 saturated heterocycles. The van der Waals surface area contributed by atoms with E-state index in [2.05, 4.69) is 42.5 Å². The number of carbonyl (C=O) groups excluding carboxylic acids is 7. The smallest absolute Gasteiger partial charge is 0.326 e. The second-order valence-corrected chi connectivity index (χ2v) is 16.1. The highest BCUT2D eigenvalue weighted by Crippen LogP contribution is 2.10. The Kier molecular flexibility index (Phi) is 21.6. The summed E-state index contributed by atoms with van der Waals surface area (Å²) >= 11 is 10.5. The summed E-state index contributed by atoms with van der Waals surface area (Å²) in [6.45, 7) is 2.57. The monoisotopic (exact) mass is 1010 g/mol. The fourth-order valence-corrected chi connectivity index (χ4v) is 7.13. The molecule has 4 bridgehead atoms. The molecule has 4 aliphatic heterocycles. The highest BCUT2D eigenvalue weighted by atomic mass is 32.1. The van der Waals surface area contributed by atoms with Gasteiger partial charge in [-0.2, -0.15) is 9.46 Å². The number of benzene rings is 1.